The molecule has 0 aliphatic heterocycles. The molecule has 2 aromatic heterocycles. The molecule has 0 aliphatic carbocycles. The molecule has 0 atom stereocenters. The molecule has 2 heterocycles. The van der Waals surface area contributed by atoms with E-state index >= 15 is 0 Å². The van der Waals surface area contributed by atoms with Crippen molar-refractivity contribution in [3.63, 3.8) is 0 Å². The number of rotatable bonds is 6. The summed E-state index contributed by atoms with van der Waals surface area (Å²) < 4.78 is 6.92. The maximum Gasteiger partial charge on any atom is 0.356 e. The molecule has 0 spiro atoms. The normalized spacial score (nSPS) is 10.4. The van der Waals surface area contributed by atoms with Gasteiger partial charge in [0.2, 0.25) is 0 Å². The van der Waals surface area contributed by atoms with Crippen molar-refractivity contribution in [3.8, 4) is 0 Å². The second kappa shape index (κ2) is 6.05. The first-order valence-electron chi connectivity index (χ1n) is 6.22. The van der Waals surface area contributed by atoms with Crippen LogP contribution in [0, 0.1) is 0 Å². The van der Waals surface area contributed by atoms with Gasteiger partial charge in [0.25, 0.3) is 5.91 Å². The average Bonchev–Trinajstić information content (AvgIpc) is 3.07. The standard InChI is InChI=1S/C13H15N3O4/c1-2-9-3-4-11(20-9)12(17)14-5-6-16-7-10(13(18)19)15-8-16/h3-4,7-8H,2,5-6H2,1H3,(H,14,17)(H,18,19). The zero-order chi connectivity index (χ0) is 14.5. The van der Waals surface area contributed by atoms with E-state index in [4.69, 9.17) is 9.52 Å². The van der Waals surface area contributed by atoms with Crippen LogP contribution < -0.4 is 5.32 Å². The smallest absolute Gasteiger partial charge is 0.356 e. The first-order valence-corrected chi connectivity index (χ1v) is 6.22. The molecular formula is C13H15N3O4. The van der Waals surface area contributed by atoms with Gasteiger partial charge in [0.05, 0.1) is 6.33 Å². The largest absolute Gasteiger partial charge is 0.476 e. The van der Waals surface area contributed by atoms with Gasteiger partial charge in [-0.15, -0.1) is 0 Å². The van der Waals surface area contributed by atoms with Gasteiger partial charge in [-0.1, -0.05) is 6.92 Å². The molecule has 2 rings (SSSR count). The van der Waals surface area contributed by atoms with Crippen molar-refractivity contribution in [1.82, 2.24) is 14.9 Å². The second-order valence-corrected chi connectivity index (χ2v) is 4.18. The lowest BCUT2D eigenvalue weighted by atomic mass is 10.3. The van der Waals surface area contributed by atoms with Crippen LogP contribution in [0.2, 0.25) is 0 Å². The van der Waals surface area contributed by atoms with Crippen LogP contribution in [0.3, 0.4) is 0 Å². The third-order valence-electron chi connectivity index (χ3n) is 2.74. The Morgan fingerprint density at radius 1 is 1.45 bits per heavy atom. The van der Waals surface area contributed by atoms with Gasteiger partial charge in [-0.05, 0) is 12.1 Å². The Morgan fingerprint density at radius 2 is 2.25 bits per heavy atom. The van der Waals surface area contributed by atoms with E-state index in [0.717, 1.165) is 12.2 Å². The van der Waals surface area contributed by atoms with Crippen molar-refractivity contribution < 1.29 is 19.1 Å². The number of aryl methyl sites for hydroxylation is 1. The quantitative estimate of drug-likeness (QED) is 0.826. The summed E-state index contributed by atoms with van der Waals surface area (Å²) in [4.78, 5) is 26.1. The molecule has 0 saturated heterocycles. The summed E-state index contributed by atoms with van der Waals surface area (Å²) >= 11 is 0. The van der Waals surface area contributed by atoms with Crippen molar-refractivity contribution in [2.75, 3.05) is 6.54 Å². The van der Waals surface area contributed by atoms with Crippen molar-refractivity contribution in [3.05, 3.63) is 41.9 Å². The van der Waals surface area contributed by atoms with Gasteiger partial charge in [-0.2, -0.15) is 0 Å². The van der Waals surface area contributed by atoms with Crippen molar-refractivity contribution in [1.29, 1.82) is 0 Å². The Kier molecular flexibility index (Phi) is 4.19. The number of carboxylic acid groups (broad SMARTS) is 1. The van der Waals surface area contributed by atoms with E-state index in [2.05, 4.69) is 10.3 Å². The number of furan rings is 1. The van der Waals surface area contributed by atoms with Crippen LogP contribution in [0.5, 0.6) is 0 Å². The highest BCUT2D eigenvalue weighted by atomic mass is 16.4. The highest BCUT2D eigenvalue weighted by Crippen LogP contribution is 2.07. The monoisotopic (exact) mass is 277 g/mol. The minimum atomic E-state index is -1.07. The van der Waals surface area contributed by atoms with E-state index in [0.29, 0.717) is 13.1 Å². The number of nitrogens with zero attached hydrogens (tertiary/aromatic N) is 2. The molecule has 0 fully saturated rings. The molecule has 20 heavy (non-hydrogen) atoms. The maximum absolute atomic E-state index is 11.8. The molecule has 0 bridgehead atoms. The van der Waals surface area contributed by atoms with Crippen LogP contribution in [-0.4, -0.2) is 33.1 Å². The van der Waals surface area contributed by atoms with Gasteiger partial charge in [-0.25, -0.2) is 9.78 Å². The van der Waals surface area contributed by atoms with Gasteiger partial charge >= 0.3 is 5.97 Å². The number of hydrogen-bond acceptors (Lipinski definition) is 4. The van der Waals surface area contributed by atoms with E-state index in [9.17, 15) is 9.59 Å². The third kappa shape index (κ3) is 3.25. The van der Waals surface area contributed by atoms with E-state index in [-0.39, 0.29) is 17.4 Å². The van der Waals surface area contributed by atoms with E-state index in [1.54, 1.807) is 16.7 Å². The van der Waals surface area contributed by atoms with Crippen LogP contribution in [0.1, 0.15) is 33.7 Å². The van der Waals surface area contributed by atoms with Crippen LogP contribution in [0.15, 0.2) is 29.1 Å². The zero-order valence-corrected chi connectivity index (χ0v) is 11.0. The van der Waals surface area contributed by atoms with E-state index in [1.165, 1.54) is 12.5 Å². The predicted octanol–water partition coefficient (Wildman–Crippen LogP) is 1.17. The Balaban J connectivity index is 1.82. The lowest BCUT2D eigenvalue weighted by Gasteiger charge is -2.03. The van der Waals surface area contributed by atoms with Gasteiger partial charge in [0.1, 0.15) is 5.76 Å². The number of imidazole rings is 1. The Hall–Kier alpha value is -2.57. The number of nitrogens with one attached hydrogen (secondary N) is 1. The minimum absolute atomic E-state index is 0.0186. The first kappa shape index (κ1) is 13.9. The number of aromatic nitrogens is 2. The van der Waals surface area contributed by atoms with Crippen LogP contribution >= 0.6 is 0 Å². The van der Waals surface area contributed by atoms with Crippen molar-refractivity contribution in [2.45, 2.75) is 19.9 Å². The van der Waals surface area contributed by atoms with Gasteiger partial charge < -0.3 is 19.4 Å². The number of carbonyl (C=O) groups excluding carboxylic acids is 1. The number of hydrogen-bond donors (Lipinski definition) is 2. The predicted molar refractivity (Wildman–Crippen MR) is 69.6 cm³/mol. The second-order valence-electron chi connectivity index (χ2n) is 4.18. The fourth-order valence-electron chi connectivity index (χ4n) is 1.67. The number of aromatic carboxylic acids is 1. The van der Waals surface area contributed by atoms with Crippen molar-refractivity contribution >= 4 is 11.9 Å². The maximum atomic E-state index is 11.8. The van der Waals surface area contributed by atoms with Gasteiger partial charge in [0.15, 0.2) is 11.5 Å². The molecule has 0 aromatic carbocycles. The molecule has 106 valence electrons. The molecule has 2 N–H and O–H groups in total. The Labute approximate surface area is 115 Å². The van der Waals surface area contributed by atoms with Crippen LogP contribution in [-0.2, 0) is 13.0 Å². The highest BCUT2D eigenvalue weighted by Gasteiger charge is 2.10. The summed E-state index contributed by atoms with van der Waals surface area (Å²) in [7, 11) is 0. The number of amides is 1. The summed E-state index contributed by atoms with van der Waals surface area (Å²) in [5, 5.41) is 11.4. The first-order chi connectivity index (χ1) is 9.60. The molecule has 2 aromatic rings. The van der Waals surface area contributed by atoms with Gasteiger partial charge in [-0.3, -0.25) is 4.79 Å². The zero-order valence-electron chi connectivity index (χ0n) is 11.0. The number of carbonyl (C=O) groups is 2. The Bertz CT molecular complexity index is 615. The molecule has 1 amide bonds. The fraction of sp³-hybridized carbons (Fsp3) is 0.308. The van der Waals surface area contributed by atoms with E-state index < -0.39 is 5.97 Å². The summed E-state index contributed by atoms with van der Waals surface area (Å²) in [6.07, 6.45) is 3.56. The topological polar surface area (TPSA) is 97.4 Å². The van der Waals surface area contributed by atoms with Gasteiger partial charge in [0, 0.05) is 25.7 Å². The molecule has 0 saturated carbocycles. The summed E-state index contributed by atoms with van der Waals surface area (Å²) in [6, 6.07) is 3.40. The molecular weight excluding hydrogens is 262 g/mol. The lowest BCUT2D eigenvalue weighted by Crippen LogP contribution is -2.26. The summed E-state index contributed by atoms with van der Waals surface area (Å²) in [6.45, 7) is 2.74. The fourth-order valence-corrected chi connectivity index (χ4v) is 1.67. The minimum Gasteiger partial charge on any atom is -0.476 e. The third-order valence-corrected chi connectivity index (χ3v) is 2.74. The molecule has 0 aliphatic rings. The highest BCUT2D eigenvalue weighted by molar-refractivity contribution is 5.91. The molecule has 0 radical (unpaired) electrons. The Morgan fingerprint density at radius 3 is 2.85 bits per heavy atom. The molecule has 7 nitrogen and oxygen atoms in total. The molecule has 7 heteroatoms. The summed E-state index contributed by atoms with van der Waals surface area (Å²) in [5.74, 6) is -0.326. The average molecular weight is 277 g/mol. The number of carboxylic acids is 1. The lowest BCUT2D eigenvalue weighted by molar-refractivity contribution is 0.0690. The van der Waals surface area contributed by atoms with Crippen molar-refractivity contribution in [2.24, 2.45) is 0 Å². The van der Waals surface area contributed by atoms with Crippen LogP contribution in [0.25, 0.3) is 0 Å². The van der Waals surface area contributed by atoms with Crippen LogP contribution in [0.4, 0.5) is 0 Å². The SMILES string of the molecule is CCc1ccc(C(=O)NCCn2cnc(C(=O)O)c2)o1. The molecule has 0 unspecified atom stereocenters. The summed E-state index contributed by atoms with van der Waals surface area (Å²) in [5.41, 5.74) is -0.0186. The van der Waals surface area contributed by atoms with E-state index in [1.807, 2.05) is 6.92 Å².